The number of nitrogens with zero attached hydrogens (tertiary/aromatic N) is 1. The van der Waals surface area contributed by atoms with Crippen LogP contribution >= 0.6 is 0 Å². The average molecular weight is 656 g/mol. The van der Waals surface area contributed by atoms with Crippen molar-refractivity contribution in [1.82, 2.24) is 15.6 Å². The lowest BCUT2D eigenvalue weighted by atomic mass is 10.2. The Morgan fingerprint density at radius 2 is 1.19 bits per heavy atom. The number of hydrogen-bond donors (Lipinski definition) is 4. The summed E-state index contributed by atoms with van der Waals surface area (Å²) in [6.45, 7) is 7.71. The number of rotatable bonds is 20. The topological polar surface area (TPSA) is 128 Å². The fourth-order valence-electron chi connectivity index (χ4n) is 4.98. The SMILES string of the molecule is CCCCCCOc1ccccc1C(=O)NCCN.CCCCCCOc1ccccc1C(=O)NCCNc1ccnc2ccccc12. The van der Waals surface area contributed by atoms with Gasteiger partial charge in [-0.1, -0.05) is 94.8 Å². The van der Waals surface area contributed by atoms with Gasteiger partial charge in [0.1, 0.15) is 11.5 Å². The van der Waals surface area contributed by atoms with Crippen LogP contribution in [0.4, 0.5) is 5.69 Å². The van der Waals surface area contributed by atoms with Crippen LogP contribution in [0, 0.1) is 0 Å². The number of benzene rings is 3. The molecule has 1 heterocycles. The number of pyridine rings is 1. The number of fused-ring (bicyclic) bond motifs is 1. The number of nitrogens with two attached hydrogens (primary N) is 1. The Bertz CT molecular complexity index is 1510. The second-order valence-corrected chi connectivity index (χ2v) is 11.4. The number of ether oxygens (including phenoxy) is 2. The van der Waals surface area contributed by atoms with Gasteiger partial charge in [-0.2, -0.15) is 0 Å². The highest BCUT2D eigenvalue weighted by Gasteiger charge is 2.12. The maximum Gasteiger partial charge on any atom is 0.255 e. The molecule has 48 heavy (non-hydrogen) atoms. The van der Waals surface area contributed by atoms with Gasteiger partial charge in [-0.25, -0.2) is 0 Å². The van der Waals surface area contributed by atoms with Gasteiger partial charge >= 0.3 is 0 Å². The van der Waals surface area contributed by atoms with Crippen LogP contribution in [-0.2, 0) is 0 Å². The Kier molecular flexibility index (Phi) is 18.0. The van der Waals surface area contributed by atoms with Crippen LogP contribution in [0.25, 0.3) is 10.9 Å². The van der Waals surface area contributed by atoms with E-state index in [0.29, 0.717) is 62.0 Å². The van der Waals surface area contributed by atoms with Crippen LogP contribution in [0.3, 0.4) is 0 Å². The molecule has 0 spiro atoms. The molecular formula is C39H53N5O4. The highest BCUT2D eigenvalue weighted by atomic mass is 16.5. The lowest BCUT2D eigenvalue weighted by Gasteiger charge is -2.13. The molecule has 0 atom stereocenters. The summed E-state index contributed by atoms with van der Waals surface area (Å²) in [4.78, 5) is 28.9. The van der Waals surface area contributed by atoms with Gasteiger partial charge in [0.05, 0.1) is 29.9 Å². The zero-order valence-electron chi connectivity index (χ0n) is 28.6. The van der Waals surface area contributed by atoms with Crippen LogP contribution in [0.5, 0.6) is 11.5 Å². The minimum Gasteiger partial charge on any atom is -0.493 e. The van der Waals surface area contributed by atoms with Gasteiger partial charge < -0.3 is 31.2 Å². The largest absolute Gasteiger partial charge is 0.493 e. The molecule has 0 aliphatic carbocycles. The van der Waals surface area contributed by atoms with Crippen LogP contribution in [0.2, 0.25) is 0 Å². The third kappa shape index (κ3) is 13.2. The van der Waals surface area contributed by atoms with E-state index >= 15 is 0 Å². The van der Waals surface area contributed by atoms with Crippen molar-refractivity contribution in [3.8, 4) is 11.5 Å². The summed E-state index contributed by atoms with van der Waals surface area (Å²) in [6, 6.07) is 24.7. The minimum absolute atomic E-state index is 0.115. The molecule has 2 amide bonds. The van der Waals surface area contributed by atoms with E-state index in [-0.39, 0.29) is 11.8 Å². The number of nitrogens with one attached hydrogen (secondary N) is 3. The molecule has 5 N–H and O–H groups in total. The first-order chi connectivity index (χ1) is 23.6. The molecule has 0 aliphatic rings. The van der Waals surface area contributed by atoms with Crippen LogP contribution < -0.4 is 31.2 Å². The van der Waals surface area contributed by atoms with Crippen LogP contribution in [0.15, 0.2) is 85.1 Å². The number of hydrogen-bond acceptors (Lipinski definition) is 7. The molecule has 4 rings (SSSR count). The van der Waals surface area contributed by atoms with Gasteiger partial charge in [-0.05, 0) is 49.2 Å². The second-order valence-electron chi connectivity index (χ2n) is 11.4. The molecule has 9 heteroatoms. The first kappa shape index (κ1) is 37.8. The van der Waals surface area contributed by atoms with E-state index in [2.05, 4.69) is 34.8 Å². The Labute approximate surface area is 286 Å². The molecule has 1 aromatic heterocycles. The van der Waals surface area contributed by atoms with E-state index in [9.17, 15) is 9.59 Å². The zero-order chi connectivity index (χ0) is 34.2. The first-order valence-electron chi connectivity index (χ1n) is 17.4. The van der Waals surface area contributed by atoms with Gasteiger partial charge in [0.15, 0.2) is 0 Å². The molecule has 0 unspecified atom stereocenters. The molecule has 0 bridgehead atoms. The van der Waals surface area contributed by atoms with Crippen molar-refractivity contribution in [2.75, 3.05) is 44.7 Å². The van der Waals surface area contributed by atoms with Gasteiger partial charge in [0, 0.05) is 43.4 Å². The number of carbonyl (C=O) groups excluding carboxylic acids is 2. The monoisotopic (exact) mass is 655 g/mol. The summed E-state index contributed by atoms with van der Waals surface area (Å²) in [6.07, 6.45) is 11.0. The van der Waals surface area contributed by atoms with E-state index < -0.39 is 0 Å². The summed E-state index contributed by atoms with van der Waals surface area (Å²) in [5, 5.41) is 10.2. The molecule has 3 aromatic carbocycles. The van der Waals surface area contributed by atoms with Crippen LogP contribution in [-0.4, -0.2) is 56.2 Å². The van der Waals surface area contributed by atoms with E-state index in [4.69, 9.17) is 15.2 Å². The summed E-state index contributed by atoms with van der Waals surface area (Å²) < 4.78 is 11.5. The highest BCUT2D eigenvalue weighted by Crippen LogP contribution is 2.21. The Hall–Kier alpha value is -4.63. The molecule has 0 aliphatic heterocycles. The van der Waals surface area contributed by atoms with Crippen LogP contribution in [0.1, 0.15) is 85.9 Å². The van der Waals surface area contributed by atoms with Crippen molar-refractivity contribution < 1.29 is 19.1 Å². The van der Waals surface area contributed by atoms with Gasteiger partial charge in [0.2, 0.25) is 0 Å². The van der Waals surface area contributed by atoms with E-state index in [1.807, 2.05) is 66.7 Å². The van der Waals surface area contributed by atoms with Crippen molar-refractivity contribution >= 4 is 28.4 Å². The van der Waals surface area contributed by atoms with Gasteiger partial charge in [-0.15, -0.1) is 0 Å². The summed E-state index contributed by atoms with van der Waals surface area (Å²) >= 11 is 0. The van der Waals surface area contributed by atoms with Crippen molar-refractivity contribution in [3.05, 3.63) is 96.2 Å². The Morgan fingerprint density at radius 3 is 1.77 bits per heavy atom. The van der Waals surface area contributed by atoms with E-state index in [1.54, 1.807) is 18.3 Å². The summed E-state index contributed by atoms with van der Waals surface area (Å²) in [5.41, 5.74) is 8.49. The number of carbonyl (C=O) groups is 2. The third-order valence-electron chi connectivity index (χ3n) is 7.58. The van der Waals surface area contributed by atoms with Crippen molar-refractivity contribution in [2.24, 2.45) is 5.73 Å². The molecule has 4 aromatic rings. The predicted molar refractivity (Wildman–Crippen MR) is 196 cm³/mol. The standard InChI is InChI=1S/C24H29N3O2.C15H24N2O2/c1-2-3-4-9-18-29-23-13-8-6-11-20(23)24(28)27-17-16-26-22-14-15-25-21-12-7-5-10-19(21)22;1-2-3-4-7-12-19-14-9-6-5-8-13(14)15(18)17-11-10-16/h5-8,10-15H,2-4,9,16-18H2,1H3,(H,25,26)(H,27,28);5-6,8-9H,2-4,7,10-12,16H2,1H3,(H,17,18). The number of amides is 2. The molecular weight excluding hydrogens is 602 g/mol. The third-order valence-corrected chi connectivity index (χ3v) is 7.58. The van der Waals surface area contributed by atoms with Gasteiger partial charge in [0.25, 0.3) is 11.8 Å². The second kappa shape index (κ2) is 22.8. The number of anilines is 1. The quantitative estimate of drug-likeness (QED) is 0.0732. The Morgan fingerprint density at radius 1 is 0.646 bits per heavy atom. The van der Waals surface area contributed by atoms with Crippen molar-refractivity contribution in [3.63, 3.8) is 0 Å². The molecule has 258 valence electrons. The van der Waals surface area contributed by atoms with E-state index in [1.165, 1.54) is 25.7 Å². The highest BCUT2D eigenvalue weighted by molar-refractivity contribution is 5.97. The normalized spacial score (nSPS) is 10.5. The van der Waals surface area contributed by atoms with Gasteiger partial charge in [-0.3, -0.25) is 14.6 Å². The van der Waals surface area contributed by atoms with E-state index in [0.717, 1.165) is 42.3 Å². The molecule has 9 nitrogen and oxygen atoms in total. The molecule has 0 fully saturated rings. The zero-order valence-corrected chi connectivity index (χ0v) is 28.6. The maximum absolute atomic E-state index is 12.6. The maximum atomic E-state index is 12.6. The first-order valence-corrected chi connectivity index (χ1v) is 17.4. The molecule has 0 saturated carbocycles. The lowest BCUT2D eigenvalue weighted by Crippen LogP contribution is -2.29. The fourth-order valence-corrected chi connectivity index (χ4v) is 4.98. The number of aromatic nitrogens is 1. The van der Waals surface area contributed by atoms with Crippen molar-refractivity contribution in [1.29, 1.82) is 0 Å². The number of unbranched alkanes of at least 4 members (excludes halogenated alkanes) is 6. The average Bonchev–Trinajstić information content (AvgIpc) is 3.12. The van der Waals surface area contributed by atoms with Crippen molar-refractivity contribution in [2.45, 2.75) is 65.2 Å². The Balaban J connectivity index is 0.000000286. The minimum atomic E-state index is -0.130. The summed E-state index contributed by atoms with van der Waals surface area (Å²) in [7, 11) is 0. The number of para-hydroxylation sites is 3. The molecule has 0 radical (unpaired) electrons. The fraction of sp³-hybridized carbons (Fsp3) is 0.410. The lowest BCUT2D eigenvalue weighted by molar-refractivity contribution is 0.0942. The summed E-state index contributed by atoms with van der Waals surface area (Å²) in [5.74, 6) is 1.05. The molecule has 0 saturated heterocycles. The smallest absolute Gasteiger partial charge is 0.255 e. The predicted octanol–water partition coefficient (Wildman–Crippen LogP) is 7.37.